The molecule has 346 valence electrons. The number of carbonyl (C=O) groups excluding carboxylic acids is 3. The van der Waals surface area contributed by atoms with Crippen LogP contribution in [-0.4, -0.2) is 134 Å². The van der Waals surface area contributed by atoms with Gasteiger partial charge in [-0.25, -0.2) is 28.6 Å². The maximum absolute atomic E-state index is 12.7. The molecule has 1 saturated heterocycles. The van der Waals surface area contributed by atoms with Crippen LogP contribution in [0.1, 0.15) is 50.5 Å². The minimum Gasteiger partial charge on any atom is -0.393 e. The van der Waals surface area contributed by atoms with Crippen LogP contribution in [0.4, 0.5) is 5.82 Å². The molecule has 25 nitrogen and oxygen atoms in total. The van der Waals surface area contributed by atoms with Crippen molar-refractivity contribution in [3.63, 3.8) is 0 Å². The van der Waals surface area contributed by atoms with Gasteiger partial charge in [0.1, 0.15) is 36.3 Å². The summed E-state index contributed by atoms with van der Waals surface area (Å²) in [5.41, 5.74) is 6.42. The Balaban J connectivity index is 1.17. The minimum atomic E-state index is -5.59. The summed E-state index contributed by atoms with van der Waals surface area (Å²) >= 11 is 0.962. The predicted molar refractivity (Wildman–Crippen MR) is 217 cm³/mol. The Bertz CT molecular complexity index is 2160. The fourth-order valence-electron chi connectivity index (χ4n) is 5.74. The second-order valence-electron chi connectivity index (χ2n) is 14.7. The SMILES string of the molecule is Cc1ccc(CC[C@@H](O)CC(=O)SCCNC(=O)CCNC(=O)[C@H](O)C(C)(C)COP(=O)(O)OP(=O)(O)OC[C@H]2O[C@@H](n3cnc4c(N)ncnc43)[C@H](O)[C@@H]2OP(=O)(O)O)cc1. The van der Waals surface area contributed by atoms with Gasteiger partial charge in [-0.15, -0.1) is 0 Å². The zero-order valence-electron chi connectivity index (χ0n) is 33.5. The molecule has 0 radical (unpaired) electrons. The first kappa shape index (κ1) is 51.4. The number of phosphoric ester groups is 3. The van der Waals surface area contributed by atoms with Crippen LogP contribution in [0.15, 0.2) is 36.9 Å². The summed E-state index contributed by atoms with van der Waals surface area (Å²) in [4.78, 5) is 88.1. The molecule has 0 spiro atoms. The van der Waals surface area contributed by atoms with E-state index in [0.717, 1.165) is 40.1 Å². The van der Waals surface area contributed by atoms with E-state index in [1.807, 2.05) is 31.2 Å². The van der Waals surface area contributed by atoms with Crippen molar-refractivity contribution in [2.45, 2.75) is 83.2 Å². The molecule has 0 saturated carbocycles. The van der Waals surface area contributed by atoms with Gasteiger partial charge in [-0.1, -0.05) is 55.4 Å². The van der Waals surface area contributed by atoms with E-state index in [2.05, 4.69) is 34.4 Å². The number of rotatable bonds is 24. The molecule has 2 unspecified atom stereocenters. The van der Waals surface area contributed by atoms with Gasteiger partial charge in [0.15, 0.2) is 22.8 Å². The van der Waals surface area contributed by atoms with E-state index >= 15 is 0 Å². The van der Waals surface area contributed by atoms with E-state index in [4.69, 9.17) is 19.5 Å². The second kappa shape index (κ2) is 22.1. The van der Waals surface area contributed by atoms with E-state index in [1.165, 1.54) is 13.8 Å². The largest absolute Gasteiger partial charge is 0.481 e. The van der Waals surface area contributed by atoms with Crippen molar-refractivity contribution in [2.75, 3.05) is 37.8 Å². The molecule has 1 aliphatic heterocycles. The highest BCUT2D eigenvalue weighted by molar-refractivity contribution is 8.13. The lowest BCUT2D eigenvalue weighted by atomic mass is 9.87. The maximum Gasteiger partial charge on any atom is 0.481 e. The number of aliphatic hydroxyl groups excluding tert-OH is 3. The Labute approximate surface area is 358 Å². The van der Waals surface area contributed by atoms with Crippen molar-refractivity contribution in [1.82, 2.24) is 30.2 Å². The molecule has 4 rings (SSSR count). The number of aromatic nitrogens is 4. The number of benzene rings is 1. The number of anilines is 1. The number of hydrogen-bond donors (Lipinski definition) is 10. The van der Waals surface area contributed by atoms with Crippen molar-refractivity contribution in [3.8, 4) is 0 Å². The standard InChI is InChI=1S/C33H50N7O18P3S/c1-19-4-6-20(7-5-19)8-9-21(41)14-24(43)62-13-12-35-23(42)10-11-36-31(46)28(45)33(2,3)16-55-61(52,53)58-60(50,51)54-15-22-27(57-59(47,48)49)26(44)32(56-22)40-18-39-25-29(34)37-17-38-30(25)40/h4-7,17-18,21-22,26-28,32,41,44-45H,8-16H2,1-3H3,(H,35,42)(H,36,46)(H,50,51)(H,52,53)(H2,34,37,38)(H2,47,48,49)/t21-,22-,26-,27-,28+,32-/m1/s1. The molecule has 1 aliphatic rings. The smallest absolute Gasteiger partial charge is 0.393 e. The second-order valence-corrected chi connectivity index (χ2v) is 20.1. The van der Waals surface area contributed by atoms with Crippen molar-refractivity contribution >= 4 is 69.1 Å². The number of phosphoric acid groups is 3. The average Bonchev–Trinajstić information content (AvgIpc) is 3.74. The number of fused-ring (bicyclic) bond motifs is 1. The molecule has 2 amide bonds. The Morgan fingerprint density at radius 3 is 2.35 bits per heavy atom. The number of hydrogen-bond acceptors (Lipinski definition) is 19. The molecule has 2 aromatic heterocycles. The average molecular weight is 958 g/mol. The normalized spacial score (nSPS) is 21.2. The number of amides is 2. The van der Waals surface area contributed by atoms with Gasteiger partial charge < -0.3 is 56.0 Å². The van der Waals surface area contributed by atoms with Gasteiger partial charge >= 0.3 is 23.5 Å². The number of aryl methyl sites for hydroxylation is 2. The van der Waals surface area contributed by atoms with Gasteiger partial charge in [-0.2, -0.15) is 4.31 Å². The van der Waals surface area contributed by atoms with Gasteiger partial charge in [0, 0.05) is 37.1 Å². The van der Waals surface area contributed by atoms with Crippen molar-refractivity contribution in [3.05, 3.63) is 48.0 Å². The lowest BCUT2D eigenvalue weighted by Gasteiger charge is -2.30. The number of thioether (sulfide) groups is 1. The Hall–Kier alpha value is -3.26. The first-order chi connectivity index (χ1) is 28.9. The topological polar surface area (TPSA) is 384 Å². The zero-order valence-corrected chi connectivity index (χ0v) is 37.0. The molecular weight excluding hydrogens is 907 g/mol. The molecule has 3 aromatic rings. The van der Waals surface area contributed by atoms with E-state index in [9.17, 15) is 63.0 Å². The van der Waals surface area contributed by atoms with E-state index in [0.29, 0.717) is 12.8 Å². The van der Waals surface area contributed by atoms with Crippen LogP contribution < -0.4 is 16.4 Å². The molecule has 1 aromatic carbocycles. The molecule has 62 heavy (non-hydrogen) atoms. The summed E-state index contributed by atoms with van der Waals surface area (Å²) < 4.78 is 62.2. The number of carbonyl (C=O) groups is 3. The van der Waals surface area contributed by atoms with Gasteiger partial charge in [0.25, 0.3) is 0 Å². The third-order valence-corrected chi connectivity index (χ3v) is 13.1. The van der Waals surface area contributed by atoms with E-state index in [-0.39, 0.29) is 53.8 Å². The van der Waals surface area contributed by atoms with Gasteiger partial charge in [-0.3, -0.25) is 32.5 Å². The van der Waals surface area contributed by atoms with Crippen LogP contribution >= 0.6 is 35.2 Å². The summed E-state index contributed by atoms with van der Waals surface area (Å²) in [7, 11) is -16.4. The molecule has 1 fully saturated rings. The number of nitrogens with one attached hydrogen (secondary N) is 2. The molecule has 8 atom stereocenters. The third kappa shape index (κ3) is 15.8. The lowest BCUT2D eigenvalue weighted by Crippen LogP contribution is -2.46. The molecule has 0 bridgehead atoms. The fourth-order valence-corrected chi connectivity index (χ4v) is 9.31. The molecule has 0 aliphatic carbocycles. The number of nitrogen functional groups attached to an aromatic ring is 1. The van der Waals surface area contributed by atoms with Crippen molar-refractivity contribution in [2.24, 2.45) is 5.41 Å². The van der Waals surface area contributed by atoms with Gasteiger partial charge in [0.2, 0.25) is 11.8 Å². The first-order valence-corrected chi connectivity index (χ1v) is 24.2. The first-order valence-electron chi connectivity index (χ1n) is 18.6. The highest BCUT2D eigenvalue weighted by Gasteiger charge is 2.50. The molecule has 29 heteroatoms. The Morgan fingerprint density at radius 1 is 1.00 bits per heavy atom. The molecule has 11 N–H and O–H groups in total. The fraction of sp³-hybridized carbons (Fsp3) is 0.576. The van der Waals surface area contributed by atoms with E-state index < -0.39 is 90.7 Å². The number of nitrogens with zero attached hydrogens (tertiary/aromatic N) is 4. The van der Waals surface area contributed by atoms with E-state index in [1.54, 1.807) is 0 Å². The summed E-state index contributed by atoms with van der Waals surface area (Å²) in [6.07, 6.45) is -6.80. The predicted octanol–water partition coefficient (Wildman–Crippen LogP) is 0.357. The molecular formula is C33H50N7O18P3S. The van der Waals surface area contributed by atoms with Crippen LogP contribution in [0, 0.1) is 12.3 Å². The maximum atomic E-state index is 12.7. The van der Waals surface area contributed by atoms with Crippen LogP contribution in [0.25, 0.3) is 11.2 Å². The quantitative estimate of drug-likeness (QED) is 0.0428. The number of ether oxygens (including phenoxy) is 1. The van der Waals surface area contributed by atoms with Crippen LogP contribution in [0.2, 0.25) is 0 Å². The zero-order chi connectivity index (χ0) is 46.0. The summed E-state index contributed by atoms with van der Waals surface area (Å²) in [6, 6.07) is 7.89. The summed E-state index contributed by atoms with van der Waals surface area (Å²) in [5.74, 6) is -1.27. The Morgan fingerprint density at radius 2 is 1.68 bits per heavy atom. The summed E-state index contributed by atoms with van der Waals surface area (Å²) in [5, 5.41) is 36.4. The Kier molecular flexibility index (Phi) is 18.3. The van der Waals surface area contributed by atoms with Crippen LogP contribution in [-0.2, 0) is 57.1 Å². The summed E-state index contributed by atoms with van der Waals surface area (Å²) in [6.45, 7) is 2.32. The van der Waals surface area contributed by atoms with Gasteiger partial charge in [0.05, 0.1) is 25.6 Å². The van der Waals surface area contributed by atoms with Crippen LogP contribution in [0.3, 0.4) is 0 Å². The third-order valence-electron chi connectivity index (χ3n) is 9.05. The van der Waals surface area contributed by atoms with Crippen molar-refractivity contribution in [1.29, 1.82) is 0 Å². The highest BCUT2D eigenvalue weighted by atomic mass is 32.2. The number of nitrogens with two attached hydrogens (primary N) is 1. The van der Waals surface area contributed by atoms with Crippen LogP contribution in [0.5, 0.6) is 0 Å². The highest BCUT2D eigenvalue weighted by Crippen LogP contribution is 2.61. The number of aliphatic hydroxyl groups is 3. The monoisotopic (exact) mass is 957 g/mol. The van der Waals surface area contributed by atoms with Crippen molar-refractivity contribution < 1.29 is 85.6 Å². The number of imidazole rings is 1. The lowest BCUT2D eigenvalue weighted by molar-refractivity contribution is -0.137. The van der Waals surface area contributed by atoms with Gasteiger partial charge in [-0.05, 0) is 25.3 Å². The molecule has 3 heterocycles. The minimum absolute atomic E-state index is 0.0250.